The van der Waals surface area contributed by atoms with Gasteiger partial charge in [-0.15, -0.1) is 0 Å². The van der Waals surface area contributed by atoms with Gasteiger partial charge >= 0.3 is 0 Å². The number of rotatable bonds is 6. The second-order valence-corrected chi connectivity index (χ2v) is 6.97. The summed E-state index contributed by atoms with van der Waals surface area (Å²) in [5, 5.41) is 6.38. The van der Waals surface area contributed by atoms with E-state index in [1.54, 1.807) is 42.5 Å². The summed E-state index contributed by atoms with van der Waals surface area (Å²) in [4.78, 5) is 23.4. The Morgan fingerprint density at radius 2 is 1.81 bits per heavy atom. The molecule has 0 saturated carbocycles. The molecule has 4 N–H and O–H groups in total. The van der Waals surface area contributed by atoms with Crippen molar-refractivity contribution >= 4 is 34.1 Å². The van der Waals surface area contributed by atoms with E-state index < -0.39 is 34.9 Å². The number of hydrogen-bond donors (Lipinski definition) is 3. The van der Waals surface area contributed by atoms with Gasteiger partial charge in [-0.2, -0.15) is 13.8 Å². The molecule has 0 atom stereocenters. The molecule has 7 nitrogen and oxygen atoms in total. The third-order valence-corrected chi connectivity index (χ3v) is 4.83. The molecule has 2 heterocycles. The number of primary amides is 1. The van der Waals surface area contributed by atoms with Crippen LogP contribution in [0.5, 0.6) is 0 Å². The van der Waals surface area contributed by atoms with E-state index in [0.29, 0.717) is 29.0 Å². The summed E-state index contributed by atoms with van der Waals surface area (Å²) < 4.78 is 41.6. The first-order valence-electron chi connectivity index (χ1n) is 9.49. The standard InChI is InChI=1S/C22H17F3N6O/c1-11-16(23)17(24)22(31-19(11)25)30-13-5-2-4-12(8-13)9-27-21-15-7-3-6-14(20(26)32)18(15)28-10-29-21/h2-8,10H,9H2,1H3,(H2,26,32)(H,30,31)(H,27,28,29). The Hall–Kier alpha value is -4.21. The minimum absolute atomic E-state index is 0.284. The Labute approximate surface area is 180 Å². The number of nitrogens with one attached hydrogen (secondary N) is 2. The molecule has 0 aliphatic heterocycles. The molecule has 4 rings (SSSR count). The Morgan fingerprint density at radius 3 is 2.59 bits per heavy atom. The van der Waals surface area contributed by atoms with E-state index in [9.17, 15) is 18.0 Å². The molecule has 2 aromatic heterocycles. The predicted molar refractivity (Wildman–Crippen MR) is 114 cm³/mol. The summed E-state index contributed by atoms with van der Waals surface area (Å²) >= 11 is 0. The first-order valence-corrected chi connectivity index (χ1v) is 9.49. The van der Waals surface area contributed by atoms with Gasteiger partial charge in [0.15, 0.2) is 11.6 Å². The van der Waals surface area contributed by atoms with E-state index in [1.165, 1.54) is 6.33 Å². The summed E-state index contributed by atoms with van der Waals surface area (Å²) in [7, 11) is 0. The van der Waals surface area contributed by atoms with Crippen molar-refractivity contribution in [1.82, 2.24) is 15.0 Å². The van der Waals surface area contributed by atoms with Crippen LogP contribution in [0, 0.1) is 24.5 Å². The molecule has 1 amide bonds. The van der Waals surface area contributed by atoms with Crippen molar-refractivity contribution in [2.45, 2.75) is 13.5 Å². The van der Waals surface area contributed by atoms with Gasteiger partial charge in [-0.1, -0.05) is 18.2 Å². The molecule has 2 aromatic carbocycles. The number of hydrogen-bond acceptors (Lipinski definition) is 6. The number of nitrogens with zero attached hydrogens (tertiary/aromatic N) is 3. The number of halogens is 3. The van der Waals surface area contributed by atoms with Crippen LogP contribution in [-0.2, 0) is 6.54 Å². The van der Waals surface area contributed by atoms with Gasteiger partial charge in [0.1, 0.15) is 12.1 Å². The summed E-state index contributed by atoms with van der Waals surface area (Å²) in [5.74, 6) is -4.28. The van der Waals surface area contributed by atoms with Gasteiger partial charge in [-0.25, -0.2) is 14.4 Å². The number of aromatic nitrogens is 3. The highest BCUT2D eigenvalue weighted by molar-refractivity contribution is 6.06. The lowest BCUT2D eigenvalue weighted by molar-refractivity contribution is 0.100. The van der Waals surface area contributed by atoms with Crippen molar-refractivity contribution in [3.05, 3.63) is 83.1 Å². The molecular formula is C22H17F3N6O. The van der Waals surface area contributed by atoms with Gasteiger partial charge < -0.3 is 16.4 Å². The smallest absolute Gasteiger partial charge is 0.250 e. The first-order chi connectivity index (χ1) is 15.3. The molecular weight excluding hydrogens is 421 g/mol. The average Bonchev–Trinajstić information content (AvgIpc) is 2.79. The largest absolute Gasteiger partial charge is 0.366 e. The molecule has 0 aliphatic rings. The van der Waals surface area contributed by atoms with Crippen LogP contribution in [0.15, 0.2) is 48.8 Å². The van der Waals surface area contributed by atoms with Gasteiger partial charge in [-0.05, 0) is 36.8 Å². The number of para-hydroxylation sites is 1. The van der Waals surface area contributed by atoms with Crippen LogP contribution in [0.3, 0.4) is 0 Å². The van der Waals surface area contributed by atoms with E-state index >= 15 is 0 Å². The third kappa shape index (κ3) is 4.02. The maximum absolute atomic E-state index is 14.1. The number of carbonyl (C=O) groups excluding carboxylic acids is 1. The van der Waals surface area contributed by atoms with Crippen molar-refractivity contribution in [3.63, 3.8) is 0 Å². The first kappa shape index (κ1) is 21.0. The molecule has 0 spiro atoms. The second-order valence-electron chi connectivity index (χ2n) is 6.97. The summed E-state index contributed by atoms with van der Waals surface area (Å²) in [6.45, 7) is 1.43. The Kier molecular flexibility index (Phi) is 5.59. The molecule has 162 valence electrons. The van der Waals surface area contributed by atoms with Crippen molar-refractivity contribution in [2.75, 3.05) is 10.6 Å². The van der Waals surface area contributed by atoms with E-state index in [0.717, 1.165) is 12.5 Å². The molecule has 0 fully saturated rings. The third-order valence-electron chi connectivity index (χ3n) is 4.83. The van der Waals surface area contributed by atoms with Crippen LogP contribution >= 0.6 is 0 Å². The van der Waals surface area contributed by atoms with Crippen LogP contribution in [0.4, 0.5) is 30.5 Å². The Morgan fingerprint density at radius 1 is 1.03 bits per heavy atom. The number of nitrogens with two attached hydrogens (primary N) is 1. The van der Waals surface area contributed by atoms with Gasteiger partial charge in [0.05, 0.1) is 11.1 Å². The highest BCUT2D eigenvalue weighted by Crippen LogP contribution is 2.25. The quantitative estimate of drug-likeness (QED) is 0.390. The van der Waals surface area contributed by atoms with E-state index in [1.807, 2.05) is 0 Å². The number of benzene rings is 2. The average molecular weight is 438 g/mol. The van der Waals surface area contributed by atoms with Crippen molar-refractivity contribution in [3.8, 4) is 0 Å². The van der Waals surface area contributed by atoms with Crippen LogP contribution < -0.4 is 16.4 Å². The van der Waals surface area contributed by atoms with Crippen molar-refractivity contribution in [1.29, 1.82) is 0 Å². The molecule has 10 heteroatoms. The van der Waals surface area contributed by atoms with E-state index in [2.05, 4.69) is 25.6 Å². The van der Waals surface area contributed by atoms with E-state index in [4.69, 9.17) is 5.73 Å². The minimum Gasteiger partial charge on any atom is -0.366 e. The zero-order chi connectivity index (χ0) is 22.8. The molecule has 0 bridgehead atoms. The maximum Gasteiger partial charge on any atom is 0.250 e. The fraction of sp³-hybridized carbons (Fsp3) is 0.0909. The minimum atomic E-state index is -1.29. The predicted octanol–water partition coefficient (Wildman–Crippen LogP) is 4.21. The van der Waals surface area contributed by atoms with Crippen LogP contribution in [-0.4, -0.2) is 20.9 Å². The van der Waals surface area contributed by atoms with Crippen LogP contribution in [0.25, 0.3) is 10.9 Å². The van der Waals surface area contributed by atoms with E-state index in [-0.39, 0.29) is 5.56 Å². The topological polar surface area (TPSA) is 106 Å². The number of carbonyl (C=O) groups is 1. The zero-order valence-corrected chi connectivity index (χ0v) is 16.8. The maximum atomic E-state index is 14.1. The van der Waals surface area contributed by atoms with Gasteiger partial charge in [-0.3, -0.25) is 4.79 Å². The van der Waals surface area contributed by atoms with Gasteiger partial charge in [0, 0.05) is 23.2 Å². The summed E-state index contributed by atoms with van der Waals surface area (Å²) in [5.41, 5.74) is 6.79. The second kappa shape index (κ2) is 8.50. The lowest BCUT2D eigenvalue weighted by atomic mass is 10.1. The molecule has 0 aliphatic carbocycles. The summed E-state index contributed by atoms with van der Waals surface area (Å²) in [6, 6.07) is 11.8. The summed E-state index contributed by atoms with van der Waals surface area (Å²) in [6.07, 6.45) is 1.32. The lowest BCUT2D eigenvalue weighted by Crippen LogP contribution is -2.12. The van der Waals surface area contributed by atoms with Crippen molar-refractivity contribution in [2.24, 2.45) is 5.73 Å². The normalized spacial score (nSPS) is 10.9. The molecule has 0 radical (unpaired) electrons. The molecule has 32 heavy (non-hydrogen) atoms. The fourth-order valence-corrected chi connectivity index (χ4v) is 3.18. The Bertz CT molecular complexity index is 1350. The number of anilines is 3. The molecule has 0 saturated heterocycles. The SMILES string of the molecule is Cc1c(F)nc(Nc2cccc(CNc3ncnc4c(C(N)=O)cccc34)c2)c(F)c1F. The number of pyridine rings is 1. The van der Waals surface area contributed by atoms with Gasteiger partial charge in [0.2, 0.25) is 11.8 Å². The van der Waals surface area contributed by atoms with Gasteiger partial charge in [0.25, 0.3) is 5.91 Å². The van der Waals surface area contributed by atoms with Crippen molar-refractivity contribution < 1.29 is 18.0 Å². The monoisotopic (exact) mass is 438 g/mol. The molecule has 0 unspecified atom stereocenters. The number of fused-ring (bicyclic) bond motifs is 1. The highest BCUT2D eigenvalue weighted by Gasteiger charge is 2.18. The Balaban J connectivity index is 1.56. The van der Waals surface area contributed by atoms with Crippen LogP contribution in [0.1, 0.15) is 21.5 Å². The van der Waals surface area contributed by atoms with Crippen LogP contribution in [0.2, 0.25) is 0 Å². The highest BCUT2D eigenvalue weighted by atomic mass is 19.2. The molecule has 4 aromatic rings. The lowest BCUT2D eigenvalue weighted by Gasteiger charge is -2.12. The number of amides is 1. The fourth-order valence-electron chi connectivity index (χ4n) is 3.18. The zero-order valence-electron chi connectivity index (χ0n) is 16.8.